The summed E-state index contributed by atoms with van der Waals surface area (Å²) in [6.07, 6.45) is 0. The van der Waals surface area contributed by atoms with E-state index in [2.05, 4.69) is 0 Å². The van der Waals surface area contributed by atoms with Crippen LogP contribution in [0.5, 0.6) is 0 Å². The highest BCUT2D eigenvalue weighted by atomic mass is 16.6. The molecular weight excluding hydrogens is 288 g/mol. The van der Waals surface area contributed by atoms with Gasteiger partial charge in [0.25, 0.3) is 11.4 Å². The predicted octanol–water partition coefficient (Wildman–Crippen LogP) is 3.35. The third-order valence-electron chi connectivity index (χ3n) is 3.36. The van der Waals surface area contributed by atoms with Crippen molar-refractivity contribution in [2.45, 2.75) is 13.8 Å². The lowest BCUT2D eigenvalue weighted by Crippen LogP contribution is -2.04. The van der Waals surface area contributed by atoms with Crippen LogP contribution in [0.25, 0.3) is 0 Å². The monoisotopic (exact) mass is 300 g/mol. The van der Waals surface area contributed by atoms with Gasteiger partial charge in [-0.3, -0.25) is 25.0 Å². The van der Waals surface area contributed by atoms with E-state index in [1.165, 1.54) is 0 Å². The molecule has 0 radical (unpaired) electrons. The summed E-state index contributed by atoms with van der Waals surface area (Å²) in [5, 5.41) is 21.7. The number of nitro groups is 2. The molecule has 0 fully saturated rings. The highest BCUT2D eigenvalue weighted by Crippen LogP contribution is 2.25. The fourth-order valence-electron chi connectivity index (χ4n) is 1.99. The van der Waals surface area contributed by atoms with E-state index in [0.29, 0.717) is 5.56 Å². The molecule has 0 N–H and O–H groups in total. The summed E-state index contributed by atoms with van der Waals surface area (Å²) in [4.78, 5) is 32.6. The van der Waals surface area contributed by atoms with Crippen molar-refractivity contribution in [1.29, 1.82) is 0 Å². The van der Waals surface area contributed by atoms with Gasteiger partial charge in [0.2, 0.25) is 0 Å². The van der Waals surface area contributed by atoms with Gasteiger partial charge in [-0.05, 0) is 31.0 Å². The maximum atomic E-state index is 12.4. The van der Waals surface area contributed by atoms with E-state index in [9.17, 15) is 25.0 Å². The molecule has 7 heteroatoms. The lowest BCUT2D eigenvalue weighted by molar-refractivity contribution is -0.394. The molecule has 0 saturated heterocycles. The Kier molecular flexibility index (Phi) is 3.98. The Morgan fingerprint density at radius 3 is 1.82 bits per heavy atom. The average molecular weight is 300 g/mol. The molecule has 7 nitrogen and oxygen atoms in total. The molecule has 112 valence electrons. The molecular formula is C15H12N2O5. The first-order chi connectivity index (χ1) is 10.3. The maximum absolute atomic E-state index is 12.4. The first-order valence-electron chi connectivity index (χ1n) is 6.35. The molecule has 0 unspecified atom stereocenters. The van der Waals surface area contributed by atoms with Gasteiger partial charge in [-0.15, -0.1) is 0 Å². The number of nitro benzene ring substituents is 2. The van der Waals surface area contributed by atoms with Gasteiger partial charge in [0.05, 0.1) is 15.9 Å². The van der Waals surface area contributed by atoms with E-state index in [4.69, 9.17) is 0 Å². The molecule has 0 spiro atoms. The van der Waals surface area contributed by atoms with Crippen molar-refractivity contribution in [3.8, 4) is 0 Å². The molecule has 2 rings (SSSR count). The minimum absolute atomic E-state index is 0.0795. The van der Waals surface area contributed by atoms with Crippen LogP contribution in [-0.2, 0) is 0 Å². The normalized spacial score (nSPS) is 10.3. The molecule has 0 saturated carbocycles. The zero-order chi connectivity index (χ0) is 16.4. The van der Waals surface area contributed by atoms with Crippen LogP contribution in [0.2, 0.25) is 0 Å². The van der Waals surface area contributed by atoms with E-state index >= 15 is 0 Å². The van der Waals surface area contributed by atoms with Crippen LogP contribution in [-0.4, -0.2) is 15.6 Å². The van der Waals surface area contributed by atoms with E-state index < -0.39 is 27.0 Å². The summed E-state index contributed by atoms with van der Waals surface area (Å²) in [6, 6.07) is 7.93. The fourth-order valence-corrected chi connectivity index (χ4v) is 1.99. The van der Waals surface area contributed by atoms with E-state index in [0.717, 1.165) is 29.3 Å². The second kappa shape index (κ2) is 5.72. The molecule has 22 heavy (non-hydrogen) atoms. The molecule has 0 aliphatic carbocycles. The minimum Gasteiger partial charge on any atom is -0.289 e. The van der Waals surface area contributed by atoms with Crippen LogP contribution in [0.3, 0.4) is 0 Å². The number of benzene rings is 2. The van der Waals surface area contributed by atoms with Crippen LogP contribution in [0.15, 0.2) is 36.4 Å². The first-order valence-corrected chi connectivity index (χ1v) is 6.35. The van der Waals surface area contributed by atoms with Gasteiger partial charge in [-0.1, -0.05) is 12.1 Å². The molecule has 0 aliphatic rings. The largest absolute Gasteiger partial charge is 0.289 e. The van der Waals surface area contributed by atoms with E-state index in [-0.39, 0.29) is 5.56 Å². The minimum atomic E-state index is -0.760. The SMILES string of the molecule is Cc1ccc(C(=O)c2cc([N+](=O)[O-])cc([N+](=O)[O-])c2)cc1C. The lowest BCUT2D eigenvalue weighted by atomic mass is 9.98. The summed E-state index contributed by atoms with van der Waals surface area (Å²) >= 11 is 0. The summed E-state index contributed by atoms with van der Waals surface area (Å²) in [5.74, 6) is -0.491. The van der Waals surface area contributed by atoms with Crippen molar-refractivity contribution in [3.05, 3.63) is 78.9 Å². The molecule has 0 atom stereocenters. The third kappa shape index (κ3) is 2.98. The molecule has 0 amide bonds. The van der Waals surface area contributed by atoms with Gasteiger partial charge in [-0.2, -0.15) is 0 Å². The Hall–Kier alpha value is -3.09. The van der Waals surface area contributed by atoms with Crippen molar-refractivity contribution in [1.82, 2.24) is 0 Å². The predicted molar refractivity (Wildman–Crippen MR) is 79.1 cm³/mol. The second-order valence-corrected chi connectivity index (χ2v) is 4.88. The number of hydrogen-bond acceptors (Lipinski definition) is 5. The number of ketones is 1. The first kappa shape index (κ1) is 15.3. The van der Waals surface area contributed by atoms with Gasteiger partial charge >= 0.3 is 0 Å². The number of aryl methyl sites for hydroxylation is 2. The van der Waals surface area contributed by atoms with Crippen LogP contribution in [0.1, 0.15) is 27.0 Å². The van der Waals surface area contributed by atoms with Crippen molar-refractivity contribution >= 4 is 17.2 Å². The van der Waals surface area contributed by atoms with Gasteiger partial charge in [-0.25, -0.2) is 0 Å². The quantitative estimate of drug-likeness (QED) is 0.489. The van der Waals surface area contributed by atoms with E-state index in [1.807, 2.05) is 13.8 Å². The van der Waals surface area contributed by atoms with Crippen LogP contribution >= 0.6 is 0 Å². The van der Waals surface area contributed by atoms with Crippen molar-refractivity contribution in [2.24, 2.45) is 0 Å². The molecule has 2 aromatic rings. The number of carbonyl (C=O) groups excluding carboxylic acids is 1. The van der Waals surface area contributed by atoms with E-state index in [1.54, 1.807) is 18.2 Å². The number of carbonyl (C=O) groups is 1. The maximum Gasteiger partial charge on any atom is 0.277 e. The Morgan fingerprint density at radius 2 is 1.36 bits per heavy atom. The van der Waals surface area contributed by atoms with Crippen molar-refractivity contribution in [2.75, 3.05) is 0 Å². The van der Waals surface area contributed by atoms with Gasteiger partial charge in [0, 0.05) is 23.3 Å². The Labute approximate surface area is 125 Å². The van der Waals surface area contributed by atoms with Crippen LogP contribution < -0.4 is 0 Å². The van der Waals surface area contributed by atoms with Crippen LogP contribution in [0, 0.1) is 34.1 Å². The van der Waals surface area contributed by atoms with Crippen LogP contribution in [0.4, 0.5) is 11.4 Å². The Balaban J connectivity index is 2.54. The highest BCUT2D eigenvalue weighted by molar-refractivity contribution is 6.09. The summed E-state index contributed by atoms with van der Waals surface area (Å²) in [7, 11) is 0. The lowest BCUT2D eigenvalue weighted by Gasteiger charge is -2.05. The second-order valence-electron chi connectivity index (χ2n) is 4.88. The summed E-state index contributed by atoms with van der Waals surface area (Å²) in [6.45, 7) is 3.73. The zero-order valence-electron chi connectivity index (χ0n) is 11.9. The number of rotatable bonds is 4. The number of hydrogen-bond donors (Lipinski definition) is 0. The Bertz CT molecular complexity index is 766. The molecule has 0 heterocycles. The number of non-ortho nitro benzene ring substituents is 2. The number of nitrogens with zero attached hydrogens (tertiary/aromatic N) is 2. The van der Waals surface area contributed by atoms with Crippen molar-refractivity contribution < 1.29 is 14.6 Å². The Morgan fingerprint density at radius 1 is 0.818 bits per heavy atom. The molecule has 2 aromatic carbocycles. The van der Waals surface area contributed by atoms with Crippen molar-refractivity contribution in [3.63, 3.8) is 0 Å². The average Bonchev–Trinajstić information content (AvgIpc) is 2.48. The summed E-state index contributed by atoms with van der Waals surface area (Å²) < 4.78 is 0. The molecule has 0 bridgehead atoms. The van der Waals surface area contributed by atoms with Gasteiger partial charge in [0.15, 0.2) is 5.78 Å². The highest BCUT2D eigenvalue weighted by Gasteiger charge is 2.20. The third-order valence-corrected chi connectivity index (χ3v) is 3.36. The molecule has 0 aliphatic heterocycles. The smallest absolute Gasteiger partial charge is 0.277 e. The zero-order valence-corrected chi connectivity index (χ0v) is 11.9. The topological polar surface area (TPSA) is 103 Å². The van der Waals surface area contributed by atoms with Gasteiger partial charge in [0.1, 0.15) is 0 Å². The van der Waals surface area contributed by atoms with Gasteiger partial charge < -0.3 is 0 Å². The molecule has 0 aromatic heterocycles. The summed E-state index contributed by atoms with van der Waals surface area (Å²) in [5.41, 5.74) is 1.18. The standard InChI is InChI=1S/C15H12N2O5/c1-9-3-4-11(5-10(9)2)15(18)12-6-13(16(19)20)8-14(7-12)17(21)22/h3-8H,1-2H3. The fraction of sp³-hybridized carbons (Fsp3) is 0.133.